The van der Waals surface area contributed by atoms with Crippen molar-refractivity contribution >= 4 is 17.8 Å². The Kier molecular flexibility index (Phi) is 4.13. The highest BCUT2D eigenvalue weighted by Crippen LogP contribution is 2.52. The number of carbonyl (C=O) groups excluding carboxylic acids is 3. The van der Waals surface area contributed by atoms with E-state index in [0.29, 0.717) is 18.8 Å². The van der Waals surface area contributed by atoms with E-state index in [2.05, 4.69) is 33.0 Å². The quantitative estimate of drug-likeness (QED) is 0.755. The Morgan fingerprint density at radius 2 is 1.81 bits per heavy atom. The first-order valence-electron chi connectivity index (χ1n) is 10.5. The van der Waals surface area contributed by atoms with Crippen LogP contribution in [0.4, 0.5) is 4.79 Å². The van der Waals surface area contributed by atoms with Crippen LogP contribution in [-0.2, 0) is 9.59 Å². The fraction of sp³-hybridized carbons (Fsp3) is 0.857. The van der Waals surface area contributed by atoms with Gasteiger partial charge >= 0.3 is 6.03 Å². The van der Waals surface area contributed by atoms with E-state index in [1.54, 1.807) is 0 Å². The average Bonchev–Trinajstić information content (AvgIpc) is 2.94. The number of fused-ring (bicyclic) bond motifs is 2. The fourth-order valence-electron chi connectivity index (χ4n) is 6.39. The van der Waals surface area contributed by atoms with Crippen molar-refractivity contribution in [2.75, 3.05) is 13.1 Å². The van der Waals surface area contributed by atoms with Gasteiger partial charge in [0, 0.05) is 12.6 Å². The van der Waals surface area contributed by atoms with Crippen molar-refractivity contribution in [3.63, 3.8) is 0 Å². The second-order valence-corrected chi connectivity index (χ2v) is 10.8. The molecule has 1 N–H and O–H groups in total. The van der Waals surface area contributed by atoms with Crippen LogP contribution in [0.5, 0.6) is 0 Å². The maximum Gasteiger partial charge on any atom is 0.325 e. The lowest BCUT2D eigenvalue weighted by atomic mass is 9.65. The van der Waals surface area contributed by atoms with Gasteiger partial charge in [0.15, 0.2) is 0 Å². The zero-order chi connectivity index (χ0) is 19.6. The minimum Gasteiger partial charge on any atom is -0.338 e. The number of carbonyl (C=O) groups is 3. The summed E-state index contributed by atoms with van der Waals surface area (Å²) >= 11 is 0. The maximum atomic E-state index is 13.1. The van der Waals surface area contributed by atoms with Crippen LogP contribution in [0, 0.1) is 16.7 Å². The molecule has 2 heterocycles. The number of urea groups is 1. The summed E-state index contributed by atoms with van der Waals surface area (Å²) in [6.45, 7) is 9.62. The van der Waals surface area contributed by atoms with Gasteiger partial charge in [-0.3, -0.25) is 14.5 Å². The minimum atomic E-state index is -0.765. The second-order valence-electron chi connectivity index (χ2n) is 10.8. The van der Waals surface area contributed by atoms with E-state index in [-0.39, 0.29) is 35.2 Å². The molecular weight excluding hydrogens is 342 g/mol. The predicted octanol–water partition coefficient (Wildman–Crippen LogP) is 2.91. The minimum absolute atomic E-state index is 0.0776. The molecule has 2 bridgehead atoms. The molecule has 2 atom stereocenters. The van der Waals surface area contributed by atoms with Gasteiger partial charge in [-0.2, -0.15) is 0 Å². The van der Waals surface area contributed by atoms with Gasteiger partial charge < -0.3 is 10.2 Å². The largest absolute Gasteiger partial charge is 0.338 e. The summed E-state index contributed by atoms with van der Waals surface area (Å²) in [5.74, 6) is 0.316. The van der Waals surface area contributed by atoms with E-state index < -0.39 is 11.6 Å². The van der Waals surface area contributed by atoms with Crippen molar-refractivity contribution in [2.45, 2.75) is 84.2 Å². The predicted molar refractivity (Wildman–Crippen MR) is 102 cm³/mol. The summed E-state index contributed by atoms with van der Waals surface area (Å²) in [6, 6.07) is -0.159. The zero-order valence-corrected chi connectivity index (χ0v) is 17.1. The first kappa shape index (κ1) is 18.8. The fourth-order valence-corrected chi connectivity index (χ4v) is 6.39. The maximum absolute atomic E-state index is 13.1. The molecule has 1 spiro atoms. The number of nitrogens with zero attached hydrogens (tertiary/aromatic N) is 2. The number of likely N-dealkylation sites (tertiary alicyclic amines) is 1. The molecule has 4 aliphatic rings. The van der Waals surface area contributed by atoms with E-state index in [9.17, 15) is 14.4 Å². The SMILES string of the molecule is CC1CCC2(CC1)NC(=O)N(CC(=O)N1C[C@]3(C)C[C@H]1CC(C)(C)C3)C2=O. The molecule has 2 aliphatic heterocycles. The monoisotopic (exact) mass is 375 g/mol. The Hall–Kier alpha value is -1.59. The lowest BCUT2D eigenvalue weighted by Crippen LogP contribution is -2.50. The van der Waals surface area contributed by atoms with Gasteiger partial charge in [0.1, 0.15) is 12.1 Å². The zero-order valence-electron chi connectivity index (χ0n) is 17.1. The topological polar surface area (TPSA) is 69.7 Å². The van der Waals surface area contributed by atoms with Crippen LogP contribution in [0.1, 0.15) is 72.6 Å². The molecule has 2 aliphatic carbocycles. The van der Waals surface area contributed by atoms with Gasteiger partial charge in [-0.1, -0.05) is 27.7 Å². The molecule has 6 nitrogen and oxygen atoms in total. The van der Waals surface area contributed by atoms with Crippen LogP contribution in [0.25, 0.3) is 0 Å². The summed E-state index contributed by atoms with van der Waals surface area (Å²) in [4.78, 5) is 41.7. The highest BCUT2D eigenvalue weighted by Gasteiger charge is 2.54. The molecule has 0 aromatic rings. The van der Waals surface area contributed by atoms with Gasteiger partial charge in [-0.15, -0.1) is 0 Å². The van der Waals surface area contributed by atoms with Gasteiger partial charge in [0.05, 0.1) is 0 Å². The van der Waals surface area contributed by atoms with Crippen LogP contribution >= 0.6 is 0 Å². The molecule has 0 unspecified atom stereocenters. The molecule has 2 saturated heterocycles. The van der Waals surface area contributed by atoms with Crippen molar-refractivity contribution in [1.29, 1.82) is 0 Å². The summed E-state index contributed by atoms with van der Waals surface area (Å²) in [6.07, 6.45) is 6.39. The Labute approximate surface area is 162 Å². The van der Waals surface area contributed by atoms with Gasteiger partial charge in [0.2, 0.25) is 5.91 Å². The average molecular weight is 376 g/mol. The van der Waals surface area contributed by atoms with Crippen molar-refractivity contribution in [2.24, 2.45) is 16.7 Å². The highest BCUT2D eigenvalue weighted by atomic mass is 16.2. The van der Waals surface area contributed by atoms with Gasteiger partial charge in [-0.25, -0.2) is 4.79 Å². The van der Waals surface area contributed by atoms with Crippen molar-refractivity contribution in [3.8, 4) is 0 Å². The molecular formula is C21H33N3O3. The van der Waals surface area contributed by atoms with E-state index in [1.807, 2.05) is 4.90 Å². The Balaban J connectivity index is 1.46. The first-order valence-corrected chi connectivity index (χ1v) is 10.5. The molecule has 150 valence electrons. The number of hydrogen-bond donors (Lipinski definition) is 1. The van der Waals surface area contributed by atoms with Crippen molar-refractivity contribution in [1.82, 2.24) is 15.1 Å². The number of imide groups is 1. The third kappa shape index (κ3) is 3.15. The normalized spacial score (nSPS) is 37.0. The number of nitrogens with one attached hydrogen (secondary N) is 1. The van der Waals surface area contributed by atoms with Crippen LogP contribution in [-0.4, -0.2) is 52.3 Å². The van der Waals surface area contributed by atoms with Gasteiger partial charge in [0.25, 0.3) is 5.91 Å². The number of hydrogen-bond acceptors (Lipinski definition) is 3. The standard InChI is InChI=1S/C21H33N3O3/c1-14-5-7-21(8-6-14)17(26)23(18(27)22-21)11-16(25)24-13-20(4)10-15(24)9-19(2,3)12-20/h14-15H,5-13H2,1-4H3,(H,22,27)/t14?,15-,20-,21?/m1/s1. The molecule has 0 radical (unpaired) electrons. The van der Waals surface area contributed by atoms with E-state index in [0.717, 1.165) is 38.6 Å². The molecule has 4 rings (SSSR count). The molecule has 27 heavy (non-hydrogen) atoms. The number of amides is 4. The van der Waals surface area contributed by atoms with Crippen LogP contribution in [0.3, 0.4) is 0 Å². The Morgan fingerprint density at radius 1 is 1.15 bits per heavy atom. The molecule has 0 aromatic heterocycles. The highest BCUT2D eigenvalue weighted by molar-refractivity contribution is 6.09. The molecule has 4 fully saturated rings. The van der Waals surface area contributed by atoms with Crippen LogP contribution in [0.15, 0.2) is 0 Å². The lowest BCUT2D eigenvalue weighted by Gasteiger charge is -2.39. The van der Waals surface area contributed by atoms with Gasteiger partial charge in [-0.05, 0) is 61.7 Å². The molecule has 2 saturated carbocycles. The Bertz CT molecular complexity index is 680. The summed E-state index contributed by atoms with van der Waals surface area (Å²) in [7, 11) is 0. The molecule has 4 amide bonds. The van der Waals surface area contributed by atoms with E-state index >= 15 is 0 Å². The summed E-state index contributed by atoms with van der Waals surface area (Å²) in [5.41, 5.74) is -0.380. The second kappa shape index (κ2) is 5.95. The van der Waals surface area contributed by atoms with Crippen LogP contribution in [0.2, 0.25) is 0 Å². The van der Waals surface area contributed by atoms with Crippen molar-refractivity contribution in [3.05, 3.63) is 0 Å². The summed E-state index contributed by atoms with van der Waals surface area (Å²) in [5, 5.41) is 2.92. The summed E-state index contributed by atoms with van der Waals surface area (Å²) < 4.78 is 0. The smallest absolute Gasteiger partial charge is 0.325 e. The third-order valence-corrected chi connectivity index (χ3v) is 7.40. The first-order chi connectivity index (χ1) is 12.5. The van der Waals surface area contributed by atoms with E-state index in [4.69, 9.17) is 0 Å². The Morgan fingerprint density at radius 3 is 2.48 bits per heavy atom. The number of rotatable bonds is 2. The van der Waals surface area contributed by atoms with Crippen LogP contribution < -0.4 is 5.32 Å². The lowest BCUT2D eigenvalue weighted by molar-refractivity contribution is -0.140. The third-order valence-electron chi connectivity index (χ3n) is 7.40. The van der Waals surface area contributed by atoms with E-state index in [1.165, 1.54) is 4.90 Å². The molecule has 6 heteroatoms. The van der Waals surface area contributed by atoms with Crippen molar-refractivity contribution < 1.29 is 14.4 Å². The molecule has 0 aromatic carbocycles.